The van der Waals surface area contributed by atoms with Gasteiger partial charge in [-0.25, -0.2) is 0 Å². The fourth-order valence-corrected chi connectivity index (χ4v) is 0.594. The van der Waals surface area contributed by atoms with E-state index in [1.165, 1.54) is 0 Å². The Labute approximate surface area is 51.8 Å². The van der Waals surface area contributed by atoms with Crippen LogP contribution in [0.2, 0.25) is 0 Å². The maximum absolute atomic E-state index is 3.65. The van der Waals surface area contributed by atoms with Crippen LogP contribution in [0, 0.1) is 0 Å². The minimum Gasteiger partial charge on any atom is -0.309 e. The first-order valence-electron chi connectivity index (χ1n) is 3.05. The smallest absolute Gasteiger partial charge is 0.0221 e. The molecule has 0 amide bonds. The highest BCUT2D eigenvalue weighted by Gasteiger charge is 1.94. The van der Waals surface area contributed by atoms with Gasteiger partial charge in [0.25, 0.3) is 0 Å². The van der Waals surface area contributed by atoms with Crippen molar-refractivity contribution in [3.63, 3.8) is 0 Å². The van der Waals surface area contributed by atoms with E-state index < -0.39 is 0 Å². The van der Waals surface area contributed by atoms with E-state index in [0.717, 1.165) is 0 Å². The van der Waals surface area contributed by atoms with Gasteiger partial charge in [-0.1, -0.05) is 19.9 Å². The SMILES string of the molecule is C=C[C@H](C)NC(C)C. The van der Waals surface area contributed by atoms with Crippen LogP contribution >= 0.6 is 0 Å². The first-order valence-corrected chi connectivity index (χ1v) is 3.05. The second-order valence-electron chi connectivity index (χ2n) is 2.35. The zero-order chi connectivity index (χ0) is 6.57. The lowest BCUT2D eigenvalue weighted by molar-refractivity contribution is 0.550. The van der Waals surface area contributed by atoms with E-state index in [1.807, 2.05) is 6.08 Å². The van der Waals surface area contributed by atoms with Crippen LogP contribution in [-0.4, -0.2) is 12.1 Å². The van der Waals surface area contributed by atoms with Gasteiger partial charge in [0, 0.05) is 12.1 Å². The highest BCUT2D eigenvalue weighted by Crippen LogP contribution is 1.84. The molecule has 1 nitrogen and oxygen atoms in total. The molecule has 0 aromatic heterocycles. The standard InChI is InChI=1S/C7H15N/c1-5-7(4)8-6(2)3/h5-8H,1H2,2-4H3/t7-/m0/s1. The van der Waals surface area contributed by atoms with Gasteiger partial charge in [0.2, 0.25) is 0 Å². The van der Waals surface area contributed by atoms with Crippen molar-refractivity contribution in [2.75, 3.05) is 0 Å². The van der Waals surface area contributed by atoms with Crippen molar-refractivity contribution in [2.45, 2.75) is 32.9 Å². The molecule has 0 aromatic rings. The zero-order valence-electron chi connectivity index (χ0n) is 5.94. The van der Waals surface area contributed by atoms with Gasteiger partial charge in [0.1, 0.15) is 0 Å². The van der Waals surface area contributed by atoms with Gasteiger partial charge in [-0.15, -0.1) is 6.58 Å². The molecule has 0 saturated heterocycles. The highest BCUT2D eigenvalue weighted by atomic mass is 14.9. The molecule has 0 radical (unpaired) electrons. The molecule has 0 unspecified atom stereocenters. The van der Waals surface area contributed by atoms with Gasteiger partial charge in [0.05, 0.1) is 0 Å². The molecule has 0 rings (SSSR count). The Kier molecular flexibility index (Phi) is 3.53. The molecule has 0 spiro atoms. The maximum atomic E-state index is 3.65. The summed E-state index contributed by atoms with van der Waals surface area (Å²) in [6.07, 6.45) is 1.90. The molecule has 1 atom stereocenters. The Morgan fingerprint density at radius 2 is 1.88 bits per heavy atom. The summed E-state index contributed by atoms with van der Waals surface area (Å²) in [5, 5.41) is 3.27. The molecule has 8 heavy (non-hydrogen) atoms. The van der Waals surface area contributed by atoms with Gasteiger partial charge >= 0.3 is 0 Å². The van der Waals surface area contributed by atoms with Crippen molar-refractivity contribution >= 4 is 0 Å². The molecule has 48 valence electrons. The van der Waals surface area contributed by atoms with Gasteiger partial charge < -0.3 is 5.32 Å². The molecule has 0 aliphatic rings. The van der Waals surface area contributed by atoms with E-state index in [-0.39, 0.29) is 0 Å². The fourth-order valence-electron chi connectivity index (χ4n) is 0.594. The lowest BCUT2D eigenvalue weighted by Crippen LogP contribution is -2.30. The molecular weight excluding hydrogens is 98.1 g/mol. The lowest BCUT2D eigenvalue weighted by Gasteiger charge is -2.11. The number of hydrogen-bond donors (Lipinski definition) is 1. The largest absolute Gasteiger partial charge is 0.309 e. The van der Waals surface area contributed by atoms with Crippen LogP contribution in [0.25, 0.3) is 0 Å². The summed E-state index contributed by atoms with van der Waals surface area (Å²) in [7, 11) is 0. The lowest BCUT2D eigenvalue weighted by atomic mass is 10.3. The van der Waals surface area contributed by atoms with Crippen molar-refractivity contribution < 1.29 is 0 Å². The summed E-state index contributed by atoms with van der Waals surface area (Å²) in [6.45, 7) is 9.99. The van der Waals surface area contributed by atoms with Gasteiger partial charge in [0.15, 0.2) is 0 Å². The third-order valence-corrected chi connectivity index (χ3v) is 0.950. The second-order valence-corrected chi connectivity index (χ2v) is 2.35. The summed E-state index contributed by atoms with van der Waals surface area (Å²) in [5.41, 5.74) is 0. The minimum absolute atomic E-state index is 0.440. The number of rotatable bonds is 3. The Morgan fingerprint density at radius 1 is 1.38 bits per heavy atom. The first kappa shape index (κ1) is 7.70. The van der Waals surface area contributed by atoms with E-state index in [0.29, 0.717) is 12.1 Å². The van der Waals surface area contributed by atoms with Crippen LogP contribution in [0.5, 0.6) is 0 Å². The Morgan fingerprint density at radius 3 is 2.00 bits per heavy atom. The second kappa shape index (κ2) is 3.67. The molecule has 0 aliphatic carbocycles. The van der Waals surface area contributed by atoms with Crippen molar-refractivity contribution in [3.05, 3.63) is 12.7 Å². The highest BCUT2D eigenvalue weighted by molar-refractivity contribution is 4.81. The van der Waals surface area contributed by atoms with E-state index >= 15 is 0 Å². The molecule has 1 N–H and O–H groups in total. The van der Waals surface area contributed by atoms with Crippen molar-refractivity contribution in [1.82, 2.24) is 5.32 Å². The first-order chi connectivity index (χ1) is 3.66. The summed E-state index contributed by atoms with van der Waals surface area (Å²) in [5.74, 6) is 0. The summed E-state index contributed by atoms with van der Waals surface area (Å²) in [6, 6.07) is 0.998. The van der Waals surface area contributed by atoms with Crippen LogP contribution in [0.4, 0.5) is 0 Å². The molecule has 0 saturated carbocycles. The Bertz CT molecular complexity index is 66.8. The molecule has 0 bridgehead atoms. The molecule has 1 heteroatoms. The quantitative estimate of drug-likeness (QED) is 0.548. The molecule has 0 aliphatic heterocycles. The summed E-state index contributed by atoms with van der Waals surface area (Å²) < 4.78 is 0. The Balaban J connectivity index is 3.23. The predicted molar refractivity (Wildman–Crippen MR) is 37.9 cm³/mol. The molecule has 0 aromatic carbocycles. The van der Waals surface area contributed by atoms with E-state index in [2.05, 4.69) is 32.7 Å². The van der Waals surface area contributed by atoms with Crippen LogP contribution in [0.3, 0.4) is 0 Å². The van der Waals surface area contributed by atoms with E-state index in [4.69, 9.17) is 0 Å². The van der Waals surface area contributed by atoms with E-state index in [9.17, 15) is 0 Å². The third-order valence-electron chi connectivity index (χ3n) is 0.950. The van der Waals surface area contributed by atoms with Crippen molar-refractivity contribution in [3.8, 4) is 0 Å². The monoisotopic (exact) mass is 113 g/mol. The van der Waals surface area contributed by atoms with Crippen LogP contribution in [0.15, 0.2) is 12.7 Å². The minimum atomic E-state index is 0.440. The van der Waals surface area contributed by atoms with Crippen LogP contribution in [-0.2, 0) is 0 Å². The van der Waals surface area contributed by atoms with Crippen LogP contribution in [0.1, 0.15) is 20.8 Å². The normalized spacial score (nSPS) is 14.0. The number of hydrogen-bond acceptors (Lipinski definition) is 1. The maximum Gasteiger partial charge on any atom is 0.0221 e. The predicted octanol–water partition coefficient (Wildman–Crippen LogP) is 1.56. The van der Waals surface area contributed by atoms with Crippen molar-refractivity contribution in [2.24, 2.45) is 0 Å². The van der Waals surface area contributed by atoms with Crippen LogP contribution < -0.4 is 5.32 Å². The summed E-state index contributed by atoms with van der Waals surface area (Å²) in [4.78, 5) is 0. The number of nitrogens with one attached hydrogen (secondary N) is 1. The average molecular weight is 113 g/mol. The average Bonchev–Trinajstić information content (AvgIpc) is 1.65. The zero-order valence-corrected chi connectivity index (χ0v) is 5.94. The molecule has 0 fully saturated rings. The van der Waals surface area contributed by atoms with Gasteiger partial charge in [-0.3, -0.25) is 0 Å². The van der Waals surface area contributed by atoms with Gasteiger partial charge in [-0.2, -0.15) is 0 Å². The third kappa shape index (κ3) is 3.88. The van der Waals surface area contributed by atoms with Gasteiger partial charge in [-0.05, 0) is 6.92 Å². The van der Waals surface area contributed by atoms with E-state index in [1.54, 1.807) is 0 Å². The molecule has 0 heterocycles. The van der Waals surface area contributed by atoms with Crippen molar-refractivity contribution in [1.29, 1.82) is 0 Å². The molecular formula is C7H15N. The Hall–Kier alpha value is -0.300. The fraction of sp³-hybridized carbons (Fsp3) is 0.714. The topological polar surface area (TPSA) is 12.0 Å². The summed E-state index contributed by atoms with van der Waals surface area (Å²) >= 11 is 0.